The summed E-state index contributed by atoms with van der Waals surface area (Å²) in [6, 6.07) is 5.54. The Morgan fingerprint density at radius 3 is 2.69 bits per heavy atom. The number of aliphatic hydroxyl groups is 1. The summed E-state index contributed by atoms with van der Waals surface area (Å²) >= 11 is 5.76. The molecule has 0 heterocycles. The number of nitrogen functional groups attached to an aromatic ring is 1. The van der Waals surface area contributed by atoms with Gasteiger partial charge in [-0.2, -0.15) is 0 Å². The third-order valence-electron chi connectivity index (χ3n) is 1.96. The highest BCUT2D eigenvalue weighted by molar-refractivity contribution is 6.30. The fraction of sp³-hybridized carbons (Fsp3) is 0.400. The smallest absolute Gasteiger partial charge is 0.0431 e. The first-order valence-electron chi connectivity index (χ1n) is 4.39. The van der Waals surface area contributed by atoms with Crippen LogP contribution in [0.5, 0.6) is 0 Å². The molecule has 3 heteroatoms. The van der Waals surface area contributed by atoms with E-state index in [0.29, 0.717) is 5.02 Å². The van der Waals surface area contributed by atoms with Gasteiger partial charge in [0, 0.05) is 17.3 Å². The first kappa shape index (κ1) is 10.4. The van der Waals surface area contributed by atoms with E-state index in [-0.39, 0.29) is 6.61 Å². The van der Waals surface area contributed by atoms with Crippen LogP contribution in [0.25, 0.3) is 0 Å². The molecule has 72 valence electrons. The Morgan fingerprint density at radius 2 is 2.08 bits per heavy atom. The van der Waals surface area contributed by atoms with Gasteiger partial charge in [0.1, 0.15) is 0 Å². The van der Waals surface area contributed by atoms with Gasteiger partial charge in [0.15, 0.2) is 0 Å². The van der Waals surface area contributed by atoms with Crippen LogP contribution in [0.3, 0.4) is 0 Å². The number of halogens is 1. The van der Waals surface area contributed by atoms with E-state index in [1.54, 1.807) is 6.07 Å². The molecule has 0 unspecified atom stereocenters. The molecule has 0 atom stereocenters. The summed E-state index contributed by atoms with van der Waals surface area (Å²) < 4.78 is 0. The summed E-state index contributed by atoms with van der Waals surface area (Å²) in [5.74, 6) is 0. The molecule has 0 saturated carbocycles. The third kappa shape index (κ3) is 3.25. The van der Waals surface area contributed by atoms with E-state index >= 15 is 0 Å². The summed E-state index contributed by atoms with van der Waals surface area (Å²) in [7, 11) is 0. The van der Waals surface area contributed by atoms with Crippen molar-refractivity contribution < 1.29 is 5.11 Å². The normalized spacial score (nSPS) is 10.3. The molecule has 0 saturated heterocycles. The molecule has 3 N–H and O–H groups in total. The van der Waals surface area contributed by atoms with Crippen LogP contribution >= 0.6 is 11.6 Å². The van der Waals surface area contributed by atoms with Crippen molar-refractivity contribution in [1.29, 1.82) is 0 Å². The Labute approximate surface area is 83.3 Å². The second kappa shape index (κ2) is 5.10. The van der Waals surface area contributed by atoms with Crippen LogP contribution < -0.4 is 5.73 Å². The summed E-state index contributed by atoms with van der Waals surface area (Å²) in [4.78, 5) is 0. The maximum atomic E-state index is 8.61. The number of aliphatic hydroxyl groups excluding tert-OH is 1. The number of hydrogen-bond acceptors (Lipinski definition) is 2. The Bertz CT molecular complexity index is 276. The minimum atomic E-state index is 0.244. The van der Waals surface area contributed by atoms with E-state index in [1.807, 2.05) is 12.1 Å². The maximum Gasteiger partial charge on any atom is 0.0431 e. The van der Waals surface area contributed by atoms with Gasteiger partial charge in [-0.3, -0.25) is 0 Å². The average Bonchev–Trinajstić information content (AvgIpc) is 2.09. The van der Waals surface area contributed by atoms with Crippen molar-refractivity contribution in [3.8, 4) is 0 Å². The monoisotopic (exact) mass is 199 g/mol. The number of nitrogens with two attached hydrogens (primary N) is 1. The van der Waals surface area contributed by atoms with Crippen LogP contribution in [0.2, 0.25) is 5.02 Å². The average molecular weight is 200 g/mol. The van der Waals surface area contributed by atoms with Crippen LogP contribution in [0.15, 0.2) is 18.2 Å². The number of unbranched alkanes of at least 4 members (excludes halogenated alkanes) is 1. The molecule has 0 aromatic heterocycles. The molecule has 0 aliphatic carbocycles. The van der Waals surface area contributed by atoms with Crippen molar-refractivity contribution in [3.63, 3.8) is 0 Å². The molecule has 0 aliphatic heterocycles. The first-order chi connectivity index (χ1) is 6.24. The van der Waals surface area contributed by atoms with Gasteiger partial charge in [-0.25, -0.2) is 0 Å². The van der Waals surface area contributed by atoms with Gasteiger partial charge in [-0.05, 0) is 37.0 Å². The lowest BCUT2D eigenvalue weighted by molar-refractivity contribution is 0.284. The molecule has 1 aromatic carbocycles. The predicted molar refractivity (Wildman–Crippen MR) is 55.9 cm³/mol. The number of benzene rings is 1. The quantitative estimate of drug-likeness (QED) is 0.577. The van der Waals surface area contributed by atoms with E-state index in [1.165, 1.54) is 0 Å². The summed E-state index contributed by atoms with van der Waals surface area (Å²) in [5.41, 5.74) is 7.61. The maximum absolute atomic E-state index is 8.61. The predicted octanol–water partition coefficient (Wildman–Crippen LogP) is 2.24. The van der Waals surface area contributed by atoms with Crippen LogP contribution in [-0.4, -0.2) is 11.7 Å². The van der Waals surface area contributed by atoms with Crippen molar-refractivity contribution >= 4 is 17.3 Å². The highest BCUT2D eigenvalue weighted by Gasteiger charge is 1.99. The standard InChI is InChI=1S/C10H14ClNO/c11-9-5-4-8(10(12)7-9)3-1-2-6-13/h4-5,7,13H,1-3,6,12H2. The molecule has 0 amide bonds. The van der Waals surface area contributed by atoms with Gasteiger partial charge in [0.05, 0.1) is 0 Å². The molecule has 0 fully saturated rings. The molecule has 0 aliphatic rings. The Kier molecular flexibility index (Phi) is 4.06. The lowest BCUT2D eigenvalue weighted by atomic mass is 10.1. The molecule has 0 bridgehead atoms. The van der Waals surface area contributed by atoms with Gasteiger partial charge < -0.3 is 10.8 Å². The van der Waals surface area contributed by atoms with E-state index in [0.717, 1.165) is 30.5 Å². The molecular formula is C10H14ClNO. The number of hydrogen-bond donors (Lipinski definition) is 2. The molecule has 2 nitrogen and oxygen atoms in total. The topological polar surface area (TPSA) is 46.2 Å². The van der Waals surface area contributed by atoms with Gasteiger partial charge in [-0.1, -0.05) is 17.7 Å². The molecule has 1 aromatic rings. The van der Waals surface area contributed by atoms with E-state index < -0.39 is 0 Å². The van der Waals surface area contributed by atoms with Gasteiger partial charge in [0.25, 0.3) is 0 Å². The third-order valence-corrected chi connectivity index (χ3v) is 2.20. The molecular weight excluding hydrogens is 186 g/mol. The molecule has 13 heavy (non-hydrogen) atoms. The first-order valence-corrected chi connectivity index (χ1v) is 4.76. The van der Waals surface area contributed by atoms with Crippen molar-refractivity contribution in [2.75, 3.05) is 12.3 Å². The fourth-order valence-corrected chi connectivity index (χ4v) is 1.40. The number of aryl methyl sites for hydroxylation is 1. The Balaban J connectivity index is 2.56. The van der Waals surface area contributed by atoms with E-state index in [4.69, 9.17) is 22.4 Å². The number of anilines is 1. The van der Waals surface area contributed by atoms with Crippen molar-refractivity contribution in [2.24, 2.45) is 0 Å². The lowest BCUT2D eigenvalue weighted by Crippen LogP contribution is -1.95. The van der Waals surface area contributed by atoms with Crippen molar-refractivity contribution in [2.45, 2.75) is 19.3 Å². The summed E-state index contributed by atoms with van der Waals surface area (Å²) in [6.07, 6.45) is 2.69. The largest absolute Gasteiger partial charge is 0.398 e. The fourth-order valence-electron chi connectivity index (χ4n) is 1.22. The Morgan fingerprint density at radius 1 is 1.31 bits per heavy atom. The molecule has 1 rings (SSSR count). The minimum absolute atomic E-state index is 0.244. The van der Waals surface area contributed by atoms with E-state index in [9.17, 15) is 0 Å². The zero-order valence-electron chi connectivity index (χ0n) is 7.46. The second-order valence-corrected chi connectivity index (χ2v) is 3.46. The highest BCUT2D eigenvalue weighted by Crippen LogP contribution is 2.19. The number of rotatable bonds is 4. The minimum Gasteiger partial charge on any atom is -0.398 e. The Hall–Kier alpha value is -0.730. The SMILES string of the molecule is Nc1cc(Cl)ccc1CCCCO. The van der Waals surface area contributed by atoms with Crippen LogP contribution in [0.4, 0.5) is 5.69 Å². The summed E-state index contributed by atoms with van der Waals surface area (Å²) in [6.45, 7) is 0.244. The molecule has 0 radical (unpaired) electrons. The zero-order chi connectivity index (χ0) is 9.68. The van der Waals surface area contributed by atoms with Crippen molar-refractivity contribution in [3.05, 3.63) is 28.8 Å². The highest BCUT2D eigenvalue weighted by atomic mass is 35.5. The van der Waals surface area contributed by atoms with Gasteiger partial charge in [-0.15, -0.1) is 0 Å². The van der Waals surface area contributed by atoms with E-state index in [2.05, 4.69) is 0 Å². The van der Waals surface area contributed by atoms with Crippen LogP contribution in [0, 0.1) is 0 Å². The van der Waals surface area contributed by atoms with Crippen LogP contribution in [-0.2, 0) is 6.42 Å². The van der Waals surface area contributed by atoms with Crippen LogP contribution in [0.1, 0.15) is 18.4 Å². The molecule has 0 spiro atoms. The zero-order valence-corrected chi connectivity index (χ0v) is 8.22. The lowest BCUT2D eigenvalue weighted by Gasteiger charge is -2.04. The van der Waals surface area contributed by atoms with Gasteiger partial charge in [0.2, 0.25) is 0 Å². The second-order valence-electron chi connectivity index (χ2n) is 3.02. The van der Waals surface area contributed by atoms with Gasteiger partial charge >= 0.3 is 0 Å². The van der Waals surface area contributed by atoms with Crippen molar-refractivity contribution in [1.82, 2.24) is 0 Å². The summed E-state index contributed by atoms with van der Waals surface area (Å²) in [5, 5.41) is 9.28.